The second kappa shape index (κ2) is 11.6. The molecule has 10 rings (SSSR count). The van der Waals surface area contributed by atoms with Gasteiger partial charge in [0.2, 0.25) is 0 Å². The van der Waals surface area contributed by atoms with Gasteiger partial charge in [-0.15, -0.1) is 11.3 Å². The number of aromatic nitrogens is 3. The number of benzene rings is 6. The van der Waals surface area contributed by atoms with Crippen LogP contribution in [0.3, 0.4) is 0 Å². The summed E-state index contributed by atoms with van der Waals surface area (Å²) in [5.74, 6) is 0.616. The summed E-state index contributed by atoms with van der Waals surface area (Å²) in [4.78, 5) is 14.9. The van der Waals surface area contributed by atoms with Crippen molar-refractivity contribution in [1.29, 1.82) is 0 Å². The number of pyridine rings is 1. The van der Waals surface area contributed by atoms with E-state index >= 15 is 0 Å². The Bertz CT molecular complexity index is 2860. The molecule has 0 N–H and O–H groups in total. The Hall–Kier alpha value is -6.43. The summed E-state index contributed by atoms with van der Waals surface area (Å²) in [5, 5.41) is 4.68. The zero-order chi connectivity index (χ0) is 33.0. The topological polar surface area (TPSA) is 51.8 Å². The minimum atomic E-state index is 0.616. The SMILES string of the molecule is c1ccc(-c2cc(-c3ccc(-c4ccccn4)cc3)nc(-c3ccc(-c4ccc5sc6ccccc6c5c4)c4c3oc3ccccc34)n2)cc1. The van der Waals surface area contributed by atoms with Crippen molar-refractivity contribution in [2.75, 3.05) is 0 Å². The number of thiophene rings is 1. The molecule has 5 heteroatoms. The molecule has 0 amide bonds. The highest BCUT2D eigenvalue weighted by Crippen LogP contribution is 2.43. The standard InChI is InChI=1S/C45H27N3OS/c1-2-10-28(11-3-1)38-27-39(30-19-17-29(18-20-30)37-14-8-9-25-46-37)48-45(47-38)35-23-22-32(43-34-13-4-6-15-40(34)49-44(35)43)31-21-24-42-36(26-31)33-12-5-7-16-41(33)50-42/h1-27H. The maximum Gasteiger partial charge on any atom is 0.164 e. The van der Waals surface area contributed by atoms with Crippen molar-refractivity contribution in [3.8, 4) is 56.3 Å². The van der Waals surface area contributed by atoms with E-state index in [1.807, 2.05) is 66.1 Å². The molecule has 10 aromatic rings. The van der Waals surface area contributed by atoms with Crippen LogP contribution in [-0.4, -0.2) is 15.0 Å². The van der Waals surface area contributed by atoms with E-state index in [1.54, 1.807) is 0 Å². The van der Waals surface area contributed by atoms with Crippen molar-refractivity contribution in [1.82, 2.24) is 15.0 Å². The molecule has 6 aromatic carbocycles. The van der Waals surface area contributed by atoms with Gasteiger partial charge < -0.3 is 4.42 Å². The Morgan fingerprint density at radius 2 is 1.08 bits per heavy atom. The summed E-state index contributed by atoms with van der Waals surface area (Å²) < 4.78 is 9.30. The van der Waals surface area contributed by atoms with Crippen LogP contribution in [0.25, 0.3) is 98.4 Å². The molecule has 4 nitrogen and oxygen atoms in total. The summed E-state index contributed by atoms with van der Waals surface area (Å²) in [7, 11) is 0. The zero-order valence-corrected chi connectivity index (χ0v) is 27.6. The van der Waals surface area contributed by atoms with Gasteiger partial charge in [-0.25, -0.2) is 9.97 Å². The van der Waals surface area contributed by atoms with Crippen molar-refractivity contribution in [3.05, 3.63) is 164 Å². The number of fused-ring (bicyclic) bond motifs is 6. The molecule has 0 spiro atoms. The van der Waals surface area contributed by atoms with E-state index in [1.165, 1.54) is 20.2 Å². The van der Waals surface area contributed by atoms with Gasteiger partial charge in [-0.1, -0.05) is 109 Å². The normalized spacial score (nSPS) is 11.6. The van der Waals surface area contributed by atoms with Gasteiger partial charge in [-0.05, 0) is 59.7 Å². The molecule has 0 radical (unpaired) electrons. The Labute approximate surface area is 292 Å². The van der Waals surface area contributed by atoms with Crippen LogP contribution in [0.1, 0.15) is 0 Å². The third-order valence-corrected chi connectivity index (χ3v) is 10.5. The second-order valence-electron chi connectivity index (χ2n) is 12.4. The van der Waals surface area contributed by atoms with E-state index in [-0.39, 0.29) is 0 Å². The number of hydrogen-bond donors (Lipinski definition) is 0. The fourth-order valence-electron chi connectivity index (χ4n) is 6.96. The van der Waals surface area contributed by atoms with E-state index in [4.69, 9.17) is 14.4 Å². The molecule has 0 aliphatic carbocycles. The van der Waals surface area contributed by atoms with Crippen molar-refractivity contribution in [3.63, 3.8) is 0 Å². The first-order valence-electron chi connectivity index (χ1n) is 16.6. The lowest BCUT2D eigenvalue weighted by molar-refractivity contribution is 0.669. The van der Waals surface area contributed by atoms with Crippen molar-refractivity contribution in [2.24, 2.45) is 0 Å². The van der Waals surface area contributed by atoms with Crippen LogP contribution >= 0.6 is 11.3 Å². The number of para-hydroxylation sites is 1. The van der Waals surface area contributed by atoms with E-state index in [0.29, 0.717) is 5.82 Å². The molecule has 4 heterocycles. The maximum atomic E-state index is 6.71. The average molecular weight is 658 g/mol. The molecule has 50 heavy (non-hydrogen) atoms. The molecule has 0 fully saturated rings. The predicted octanol–water partition coefficient (Wildman–Crippen LogP) is 12.5. The van der Waals surface area contributed by atoms with Crippen LogP contribution in [0.15, 0.2) is 168 Å². The van der Waals surface area contributed by atoms with Crippen molar-refractivity contribution >= 4 is 53.4 Å². The lowest BCUT2D eigenvalue weighted by Crippen LogP contribution is -1.96. The molecule has 0 saturated heterocycles. The highest BCUT2D eigenvalue weighted by atomic mass is 32.1. The molecular formula is C45H27N3OS. The molecule has 0 unspecified atom stereocenters. The van der Waals surface area contributed by atoms with Crippen molar-refractivity contribution < 1.29 is 4.42 Å². The number of nitrogens with zero attached hydrogens (tertiary/aromatic N) is 3. The number of rotatable bonds is 5. The van der Waals surface area contributed by atoms with Gasteiger partial charge >= 0.3 is 0 Å². The van der Waals surface area contributed by atoms with Crippen molar-refractivity contribution in [2.45, 2.75) is 0 Å². The first-order valence-corrected chi connectivity index (χ1v) is 17.4. The van der Waals surface area contributed by atoms with Crippen LogP contribution in [0.4, 0.5) is 0 Å². The highest BCUT2D eigenvalue weighted by molar-refractivity contribution is 7.25. The van der Waals surface area contributed by atoms with E-state index in [9.17, 15) is 0 Å². The summed E-state index contributed by atoms with van der Waals surface area (Å²) in [5.41, 5.74) is 10.4. The van der Waals surface area contributed by atoms with Gasteiger partial charge in [0.1, 0.15) is 11.2 Å². The van der Waals surface area contributed by atoms with Crippen LogP contribution in [0.5, 0.6) is 0 Å². The maximum absolute atomic E-state index is 6.71. The third kappa shape index (κ3) is 4.79. The molecule has 0 aliphatic heterocycles. The summed E-state index contributed by atoms with van der Waals surface area (Å²) in [6, 6.07) is 54.7. The first kappa shape index (κ1) is 28.6. The predicted molar refractivity (Wildman–Crippen MR) is 207 cm³/mol. The van der Waals surface area contributed by atoms with E-state index in [0.717, 1.165) is 72.4 Å². The minimum absolute atomic E-state index is 0.616. The fraction of sp³-hybridized carbons (Fsp3) is 0. The molecule has 4 aromatic heterocycles. The first-order chi connectivity index (χ1) is 24.8. The molecule has 0 aliphatic rings. The van der Waals surface area contributed by atoms with Gasteiger partial charge in [0.25, 0.3) is 0 Å². The Morgan fingerprint density at radius 1 is 0.440 bits per heavy atom. The van der Waals surface area contributed by atoms with E-state index in [2.05, 4.69) is 114 Å². The molecule has 234 valence electrons. The van der Waals surface area contributed by atoms with Gasteiger partial charge in [-0.3, -0.25) is 4.98 Å². The number of furan rings is 1. The van der Waals surface area contributed by atoms with E-state index < -0.39 is 0 Å². The average Bonchev–Trinajstić information content (AvgIpc) is 3.77. The van der Waals surface area contributed by atoms with Crippen LogP contribution in [0, 0.1) is 0 Å². The van der Waals surface area contributed by atoms with Gasteiger partial charge in [0, 0.05) is 53.8 Å². The van der Waals surface area contributed by atoms with Crippen LogP contribution < -0.4 is 0 Å². The lowest BCUT2D eigenvalue weighted by atomic mass is 9.95. The summed E-state index contributed by atoms with van der Waals surface area (Å²) in [6.07, 6.45) is 1.82. The molecule has 0 atom stereocenters. The fourth-order valence-corrected chi connectivity index (χ4v) is 8.04. The largest absolute Gasteiger partial charge is 0.455 e. The van der Waals surface area contributed by atoms with Gasteiger partial charge in [0.05, 0.1) is 22.6 Å². The minimum Gasteiger partial charge on any atom is -0.455 e. The molecule has 0 bridgehead atoms. The highest BCUT2D eigenvalue weighted by Gasteiger charge is 2.21. The molecular weight excluding hydrogens is 631 g/mol. The summed E-state index contributed by atoms with van der Waals surface area (Å²) in [6.45, 7) is 0. The third-order valence-electron chi connectivity index (χ3n) is 9.39. The van der Waals surface area contributed by atoms with Crippen LogP contribution in [-0.2, 0) is 0 Å². The lowest BCUT2D eigenvalue weighted by Gasteiger charge is -2.12. The molecule has 0 saturated carbocycles. The Balaban J connectivity index is 1.18. The summed E-state index contributed by atoms with van der Waals surface area (Å²) >= 11 is 1.83. The quantitative estimate of drug-likeness (QED) is 0.185. The number of hydrogen-bond acceptors (Lipinski definition) is 5. The smallest absolute Gasteiger partial charge is 0.164 e. The Kier molecular flexibility index (Phi) is 6.64. The van der Waals surface area contributed by atoms with Crippen LogP contribution in [0.2, 0.25) is 0 Å². The zero-order valence-electron chi connectivity index (χ0n) is 26.7. The second-order valence-corrected chi connectivity index (χ2v) is 13.5. The van der Waals surface area contributed by atoms with Gasteiger partial charge in [-0.2, -0.15) is 0 Å². The van der Waals surface area contributed by atoms with Gasteiger partial charge in [0.15, 0.2) is 5.82 Å². The Morgan fingerprint density at radius 3 is 1.88 bits per heavy atom. The monoisotopic (exact) mass is 657 g/mol.